The summed E-state index contributed by atoms with van der Waals surface area (Å²) in [6.07, 6.45) is 1.72. The van der Waals surface area contributed by atoms with E-state index in [1.54, 1.807) is 71.3 Å². The first kappa shape index (κ1) is 22.0. The highest BCUT2D eigenvalue weighted by Crippen LogP contribution is 2.27. The zero-order chi connectivity index (χ0) is 23.8. The number of ketones is 1. The number of fused-ring (bicyclic) bond motifs is 1. The van der Waals surface area contributed by atoms with E-state index in [4.69, 9.17) is 23.2 Å². The van der Waals surface area contributed by atoms with E-state index in [1.165, 1.54) is 11.2 Å². The molecule has 0 atom stereocenters. The van der Waals surface area contributed by atoms with Crippen LogP contribution in [-0.2, 0) is 6.42 Å². The number of amides is 2. The van der Waals surface area contributed by atoms with Crippen LogP contribution in [-0.4, -0.2) is 43.8 Å². The first-order valence-electron chi connectivity index (χ1n) is 10.4. The fraction of sp³-hybridized carbons (Fsp3) is 0.0800. The molecule has 1 aliphatic heterocycles. The summed E-state index contributed by atoms with van der Waals surface area (Å²) in [5.41, 5.74) is 1.95. The lowest BCUT2D eigenvalue weighted by Crippen LogP contribution is -2.32. The molecule has 3 aromatic carbocycles. The highest BCUT2D eigenvalue weighted by Gasteiger charge is 2.35. The van der Waals surface area contributed by atoms with Gasteiger partial charge >= 0.3 is 0 Å². The van der Waals surface area contributed by atoms with E-state index < -0.39 is 0 Å². The molecule has 168 valence electrons. The van der Waals surface area contributed by atoms with Crippen molar-refractivity contribution in [2.45, 2.75) is 6.42 Å². The van der Waals surface area contributed by atoms with Crippen LogP contribution in [0.15, 0.2) is 73.1 Å². The molecule has 4 aromatic rings. The summed E-state index contributed by atoms with van der Waals surface area (Å²) in [6.45, 7) is 0.117. The van der Waals surface area contributed by atoms with Crippen LogP contribution in [0.2, 0.25) is 10.0 Å². The first-order valence-corrected chi connectivity index (χ1v) is 11.1. The second-order valence-corrected chi connectivity index (χ2v) is 8.49. The van der Waals surface area contributed by atoms with Crippen LogP contribution in [0.4, 0.5) is 0 Å². The minimum Gasteiger partial charge on any atom is -0.288 e. The Kier molecular flexibility index (Phi) is 5.73. The summed E-state index contributed by atoms with van der Waals surface area (Å²) in [7, 11) is 0. The lowest BCUT2D eigenvalue weighted by atomic mass is 10.0. The number of hydrogen-bond donors (Lipinski definition) is 0. The number of aromatic nitrogens is 3. The molecule has 0 spiro atoms. The zero-order valence-electron chi connectivity index (χ0n) is 17.6. The summed E-state index contributed by atoms with van der Waals surface area (Å²) >= 11 is 12.5. The van der Waals surface area contributed by atoms with Gasteiger partial charge in [0, 0.05) is 29.1 Å². The van der Waals surface area contributed by atoms with Crippen molar-refractivity contribution in [3.05, 3.63) is 111 Å². The predicted molar refractivity (Wildman–Crippen MR) is 127 cm³/mol. The number of carbonyl (C=O) groups excluding carboxylic acids is 3. The molecule has 0 radical (unpaired) electrons. The van der Waals surface area contributed by atoms with E-state index in [9.17, 15) is 14.4 Å². The van der Waals surface area contributed by atoms with Crippen LogP contribution in [0.1, 0.15) is 42.5 Å². The van der Waals surface area contributed by atoms with Crippen molar-refractivity contribution in [2.24, 2.45) is 0 Å². The monoisotopic (exact) mass is 490 g/mol. The van der Waals surface area contributed by atoms with Crippen molar-refractivity contribution in [3.8, 4) is 5.69 Å². The van der Waals surface area contributed by atoms with Gasteiger partial charge in [-0.1, -0.05) is 47.5 Å². The second-order valence-electron chi connectivity index (χ2n) is 7.65. The van der Waals surface area contributed by atoms with E-state index in [0.717, 1.165) is 0 Å². The van der Waals surface area contributed by atoms with Gasteiger partial charge in [-0.05, 0) is 42.5 Å². The van der Waals surface area contributed by atoms with E-state index in [1.807, 2.05) is 0 Å². The Bertz CT molecular complexity index is 1430. The van der Waals surface area contributed by atoms with Crippen molar-refractivity contribution in [3.63, 3.8) is 0 Å². The van der Waals surface area contributed by atoms with E-state index in [-0.39, 0.29) is 30.6 Å². The smallest absolute Gasteiger partial charge is 0.261 e. The molecule has 34 heavy (non-hydrogen) atoms. The van der Waals surface area contributed by atoms with Crippen molar-refractivity contribution >= 4 is 40.8 Å². The van der Waals surface area contributed by atoms with Crippen molar-refractivity contribution in [2.75, 3.05) is 6.54 Å². The normalized spacial score (nSPS) is 12.8. The molecule has 0 bridgehead atoms. The van der Waals surface area contributed by atoms with Gasteiger partial charge in [-0.25, -0.2) is 0 Å². The fourth-order valence-electron chi connectivity index (χ4n) is 3.98. The number of imide groups is 1. The quantitative estimate of drug-likeness (QED) is 0.290. The van der Waals surface area contributed by atoms with Crippen molar-refractivity contribution in [1.29, 1.82) is 0 Å². The average molecular weight is 491 g/mol. The van der Waals surface area contributed by atoms with Crippen LogP contribution < -0.4 is 0 Å². The van der Waals surface area contributed by atoms with Crippen molar-refractivity contribution < 1.29 is 14.4 Å². The van der Waals surface area contributed by atoms with Gasteiger partial charge in [-0.3, -0.25) is 23.9 Å². The Labute approximate surface area is 204 Å². The molecule has 1 aromatic heterocycles. The highest BCUT2D eigenvalue weighted by atomic mass is 35.5. The maximum atomic E-state index is 13.3. The number of hydrogen-bond acceptors (Lipinski definition) is 5. The van der Waals surface area contributed by atoms with Gasteiger partial charge < -0.3 is 0 Å². The standard InChI is InChI=1S/C25H16Cl2N4O3/c26-15-9-10-21(19(13-15)23(32)18-7-3-4-8-20(18)27)31-14-28-29-22(31)11-12-30-24(33)16-5-1-2-6-17(16)25(30)34/h1-10,13-14H,11-12H2. The van der Waals surface area contributed by atoms with Crippen LogP contribution in [0.5, 0.6) is 0 Å². The molecule has 1 aliphatic rings. The molecule has 7 nitrogen and oxygen atoms in total. The van der Waals surface area contributed by atoms with Gasteiger partial charge in [0.25, 0.3) is 11.8 Å². The third-order valence-electron chi connectivity index (χ3n) is 5.64. The molecular weight excluding hydrogens is 475 g/mol. The lowest BCUT2D eigenvalue weighted by molar-refractivity contribution is 0.0655. The Hall–Kier alpha value is -3.81. The average Bonchev–Trinajstić information content (AvgIpc) is 3.40. The molecular formula is C25H16Cl2N4O3. The lowest BCUT2D eigenvalue weighted by Gasteiger charge is -2.15. The summed E-state index contributed by atoms with van der Waals surface area (Å²) < 4.78 is 1.65. The molecule has 2 amide bonds. The number of rotatable bonds is 6. The van der Waals surface area contributed by atoms with Gasteiger partial charge in [-0.15, -0.1) is 10.2 Å². The Morgan fingerprint density at radius 1 is 0.853 bits per heavy atom. The molecule has 2 heterocycles. The summed E-state index contributed by atoms with van der Waals surface area (Å²) in [5.74, 6) is -0.504. The number of nitrogens with zero attached hydrogens (tertiary/aromatic N) is 4. The first-order chi connectivity index (χ1) is 16.5. The maximum Gasteiger partial charge on any atom is 0.261 e. The Balaban J connectivity index is 1.45. The zero-order valence-corrected chi connectivity index (χ0v) is 19.1. The summed E-state index contributed by atoms with van der Waals surface area (Å²) in [4.78, 5) is 39.9. The maximum absolute atomic E-state index is 13.3. The largest absolute Gasteiger partial charge is 0.288 e. The molecule has 0 saturated carbocycles. The minimum absolute atomic E-state index is 0.117. The van der Waals surface area contributed by atoms with Crippen molar-refractivity contribution in [1.82, 2.24) is 19.7 Å². The highest BCUT2D eigenvalue weighted by molar-refractivity contribution is 6.35. The molecule has 0 fully saturated rings. The summed E-state index contributed by atoms with van der Waals surface area (Å²) in [5, 5.41) is 8.86. The van der Waals surface area contributed by atoms with Gasteiger partial charge in [0.2, 0.25) is 0 Å². The van der Waals surface area contributed by atoms with E-state index in [0.29, 0.717) is 43.8 Å². The van der Waals surface area contributed by atoms with Crippen LogP contribution in [0.3, 0.4) is 0 Å². The van der Waals surface area contributed by atoms with Gasteiger partial charge in [-0.2, -0.15) is 0 Å². The van der Waals surface area contributed by atoms with Gasteiger partial charge in [0.1, 0.15) is 12.2 Å². The third-order valence-corrected chi connectivity index (χ3v) is 6.20. The number of halogens is 2. The minimum atomic E-state index is -0.340. The molecule has 9 heteroatoms. The van der Waals surface area contributed by atoms with E-state index in [2.05, 4.69) is 10.2 Å². The third kappa shape index (κ3) is 3.79. The molecule has 0 aliphatic carbocycles. The van der Waals surface area contributed by atoms with Crippen LogP contribution >= 0.6 is 23.2 Å². The SMILES string of the molecule is O=C(c1ccccc1Cl)c1cc(Cl)ccc1-n1cnnc1CCN1C(=O)c2ccccc2C1=O. The predicted octanol–water partition coefficient (Wildman–Crippen LogP) is 4.64. The Morgan fingerprint density at radius 3 is 2.24 bits per heavy atom. The number of carbonyl (C=O) groups is 3. The molecule has 0 N–H and O–H groups in total. The number of benzene rings is 3. The van der Waals surface area contributed by atoms with E-state index >= 15 is 0 Å². The van der Waals surface area contributed by atoms with Crippen LogP contribution in [0.25, 0.3) is 5.69 Å². The van der Waals surface area contributed by atoms with Crippen LogP contribution in [0, 0.1) is 0 Å². The summed E-state index contributed by atoms with van der Waals surface area (Å²) in [6, 6.07) is 18.4. The molecule has 0 unspecified atom stereocenters. The topological polar surface area (TPSA) is 85.2 Å². The molecule has 0 saturated heterocycles. The van der Waals surface area contributed by atoms with Gasteiger partial charge in [0.05, 0.1) is 21.8 Å². The molecule has 5 rings (SSSR count). The van der Waals surface area contributed by atoms with Gasteiger partial charge in [0.15, 0.2) is 5.78 Å². The fourth-order valence-corrected chi connectivity index (χ4v) is 4.37. The second kappa shape index (κ2) is 8.85. The Morgan fingerprint density at radius 2 is 1.53 bits per heavy atom.